The van der Waals surface area contributed by atoms with Crippen molar-refractivity contribution >= 4 is 17.2 Å². The lowest BCUT2D eigenvalue weighted by atomic mass is 10.3. The van der Waals surface area contributed by atoms with Crippen LogP contribution in [0.25, 0.3) is 10.6 Å². The summed E-state index contributed by atoms with van der Waals surface area (Å²) in [7, 11) is 1.63. The number of methoxy groups -OCH3 is 1. The Morgan fingerprint density at radius 2 is 2.38 bits per heavy atom. The highest BCUT2D eigenvalue weighted by Gasteiger charge is 2.07. The summed E-state index contributed by atoms with van der Waals surface area (Å²) in [6.45, 7) is 0. The van der Waals surface area contributed by atoms with Crippen LogP contribution in [0.3, 0.4) is 0 Å². The fourth-order valence-electron chi connectivity index (χ4n) is 0.960. The highest BCUT2D eigenvalue weighted by atomic mass is 32.1. The molecule has 0 saturated carbocycles. The summed E-state index contributed by atoms with van der Waals surface area (Å²) in [6.07, 6.45) is 0. The van der Waals surface area contributed by atoms with Crippen LogP contribution in [-0.2, 0) is 0 Å². The monoisotopic (exact) mass is 196 g/mol. The van der Waals surface area contributed by atoms with E-state index >= 15 is 0 Å². The molecule has 0 radical (unpaired) electrons. The predicted octanol–water partition coefficient (Wildman–Crippen LogP) is 1.99. The summed E-state index contributed by atoms with van der Waals surface area (Å²) >= 11 is 1.53. The molecule has 5 heteroatoms. The first-order chi connectivity index (χ1) is 6.29. The van der Waals surface area contributed by atoms with Crippen LogP contribution in [-0.4, -0.2) is 12.3 Å². The fraction of sp³-hybridized carbons (Fsp3) is 0.125. The topological polar surface area (TPSA) is 61.3 Å². The molecule has 0 atom stereocenters. The van der Waals surface area contributed by atoms with Crippen molar-refractivity contribution in [1.82, 2.24) is 5.16 Å². The van der Waals surface area contributed by atoms with Crippen molar-refractivity contribution in [3.8, 4) is 16.4 Å². The molecule has 0 bridgehead atoms. The number of anilines is 1. The molecule has 0 amide bonds. The average Bonchev–Trinajstić information content (AvgIpc) is 2.71. The van der Waals surface area contributed by atoms with E-state index in [2.05, 4.69) is 5.16 Å². The van der Waals surface area contributed by atoms with E-state index in [0.717, 1.165) is 10.6 Å². The number of aromatic nitrogens is 1. The molecule has 0 spiro atoms. The van der Waals surface area contributed by atoms with E-state index < -0.39 is 0 Å². The van der Waals surface area contributed by atoms with Gasteiger partial charge in [-0.3, -0.25) is 0 Å². The van der Waals surface area contributed by atoms with E-state index in [-0.39, 0.29) is 0 Å². The molecule has 0 aromatic carbocycles. The Bertz CT molecular complexity index is 408. The van der Waals surface area contributed by atoms with Crippen LogP contribution in [0.4, 0.5) is 5.82 Å². The third-order valence-electron chi connectivity index (χ3n) is 1.58. The maximum atomic E-state index is 5.42. The summed E-state index contributed by atoms with van der Waals surface area (Å²) in [5, 5.41) is 5.49. The van der Waals surface area contributed by atoms with Gasteiger partial charge in [-0.1, -0.05) is 5.16 Å². The summed E-state index contributed by atoms with van der Waals surface area (Å²) in [6, 6.07) is 3.57. The fourth-order valence-corrected chi connectivity index (χ4v) is 1.76. The molecule has 13 heavy (non-hydrogen) atoms. The lowest BCUT2D eigenvalue weighted by Crippen LogP contribution is -1.79. The number of thiophene rings is 1. The first-order valence-corrected chi connectivity index (χ1v) is 4.52. The van der Waals surface area contributed by atoms with E-state index in [1.54, 1.807) is 13.2 Å². The Morgan fingerprint density at radius 3 is 2.92 bits per heavy atom. The van der Waals surface area contributed by atoms with Crippen molar-refractivity contribution in [1.29, 1.82) is 0 Å². The zero-order valence-corrected chi connectivity index (χ0v) is 7.80. The maximum absolute atomic E-state index is 5.42. The van der Waals surface area contributed by atoms with Crippen LogP contribution >= 0.6 is 11.3 Å². The van der Waals surface area contributed by atoms with E-state index in [4.69, 9.17) is 15.0 Å². The Labute approximate surface area is 78.9 Å². The number of hydrogen-bond acceptors (Lipinski definition) is 5. The van der Waals surface area contributed by atoms with Crippen molar-refractivity contribution < 1.29 is 9.26 Å². The molecule has 68 valence electrons. The van der Waals surface area contributed by atoms with Crippen LogP contribution in [0.1, 0.15) is 0 Å². The van der Waals surface area contributed by atoms with E-state index in [0.29, 0.717) is 11.6 Å². The molecule has 2 N–H and O–H groups in total. The standard InChI is InChI=1S/C8H8N2O2S/c1-11-5-2-7(13-4-5)6-3-8(9)10-12-6/h2-4H,1H3,(H2,9,10). The molecule has 0 aliphatic heterocycles. The zero-order valence-electron chi connectivity index (χ0n) is 6.98. The molecule has 0 fully saturated rings. The second-order valence-electron chi connectivity index (χ2n) is 2.47. The van der Waals surface area contributed by atoms with Gasteiger partial charge >= 0.3 is 0 Å². The predicted molar refractivity (Wildman–Crippen MR) is 50.8 cm³/mol. The van der Waals surface area contributed by atoms with Crippen molar-refractivity contribution in [3.05, 3.63) is 17.5 Å². The van der Waals surface area contributed by atoms with Gasteiger partial charge in [-0.2, -0.15) is 0 Å². The largest absolute Gasteiger partial charge is 0.496 e. The van der Waals surface area contributed by atoms with E-state index in [1.165, 1.54) is 11.3 Å². The Kier molecular flexibility index (Phi) is 1.94. The summed E-state index contributed by atoms with van der Waals surface area (Å²) in [5.41, 5.74) is 5.42. The van der Waals surface area contributed by atoms with Crippen molar-refractivity contribution in [2.24, 2.45) is 0 Å². The number of nitrogen functional groups attached to an aromatic ring is 1. The van der Waals surface area contributed by atoms with Crippen molar-refractivity contribution in [2.45, 2.75) is 0 Å². The highest BCUT2D eigenvalue weighted by molar-refractivity contribution is 7.13. The van der Waals surface area contributed by atoms with Crippen LogP contribution in [0, 0.1) is 0 Å². The molecule has 2 heterocycles. The summed E-state index contributed by atoms with van der Waals surface area (Å²) < 4.78 is 10.0. The van der Waals surface area contributed by atoms with Gasteiger partial charge < -0.3 is 15.0 Å². The Balaban J connectivity index is 2.35. The van der Waals surface area contributed by atoms with Gasteiger partial charge in [0.25, 0.3) is 0 Å². The van der Waals surface area contributed by atoms with Crippen molar-refractivity contribution in [2.75, 3.05) is 12.8 Å². The molecular weight excluding hydrogens is 188 g/mol. The van der Waals surface area contributed by atoms with Crippen LogP contribution < -0.4 is 10.5 Å². The van der Waals surface area contributed by atoms with Gasteiger partial charge in [0.15, 0.2) is 11.6 Å². The normalized spacial score (nSPS) is 10.2. The summed E-state index contributed by atoms with van der Waals surface area (Å²) in [4.78, 5) is 0.959. The molecule has 0 aliphatic carbocycles. The van der Waals surface area contributed by atoms with Gasteiger partial charge in [0.05, 0.1) is 12.0 Å². The minimum absolute atomic E-state index is 0.391. The molecule has 0 aliphatic rings. The Morgan fingerprint density at radius 1 is 1.54 bits per heavy atom. The number of nitrogens with zero attached hydrogens (tertiary/aromatic N) is 1. The second kappa shape index (κ2) is 3.10. The first kappa shape index (κ1) is 8.12. The minimum Gasteiger partial charge on any atom is -0.496 e. The molecule has 2 aromatic rings. The second-order valence-corrected chi connectivity index (χ2v) is 3.38. The maximum Gasteiger partial charge on any atom is 0.179 e. The highest BCUT2D eigenvalue weighted by Crippen LogP contribution is 2.31. The van der Waals surface area contributed by atoms with Gasteiger partial charge in [0.2, 0.25) is 0 Å². The first-order valence-electron chi connectivity index (χ1n) is 3.64. The molecule has 2 rings (SSSR count). The van der Waals surface area contributed by atoms with E-state index in [1.807, 2.05) is 11.4 Å². The third-order valence-corrected chi connectivity index (χ3v) is 2.51. The smallest absolute Gasteiger partial charge is 0.179 e. The van der Waals surface area contributed by atoms with Gasteiger partial charge in [0, 0.05) is 17.5 Å². The molecule has 0 unspecified atom stereocenters. The van der Waals surface area contributed by atoms with Crippen LogP contribution in [0.15, 0.2) is 22.0 Å². The lowest BCUT2D eigenvalue weighted by molar-refractivity contribution is 0.416. The number of hydrogen-bond donors (Lipinski definition) is 1. The van der Waals surface area contributed by atoms with E-state index in [9.17, 15) is 0 Å². The molecule has 4 nitrogen and oxygen atoms in total. The number of rotatable bonds is 2. The van der Waals surface area contributed by atoms with Gasteiger partial charge in [-0.25, -0.2) is 0 Å². The molecule has 0 saturated heterocycles. The zero-order chi connectivity index (χ0) is 9.26. The van der Waals surface area contributed by atoms with Crippen LogP contribution in [0.2, 0.25) is 0 Å². The van der Waals surface area contributed by atoms with Gasteiger partial charge in [-0.15, -0.1) is 11.3 Å². The number of ether oxygens (including phenoxy) is 1. The lowest BCUT2D eigenvalue weighted by Gasteiger charge is -1.88. The minimum atomic E-state index is 0.391. The third kappa shape index (κ3) is 1.50. The quantitative estimate of drug-likeness (QED) is 0.797. The van der Waals surface area contributed by atoms with Gasteiger partial charge in [0.1, 0.15) is 5.75 Å². The average molecular weight is 196 g/mol. The van der Waals surface area contributed by atoms with Gasteiger partial charge in [-0.05, 0) is 0 Å². The SMILES string of the molecule is COc1csc(-c2cc(N)no2)c1. The van der Waals surface area contributed by atoms with Crippen LogP contribution in [0.5, 0.6) is 5.75 Å². The summed E-state index contributed by atoms with van der Waals surface area (Å²) in [5.74, 6) is 1.88. The number of nitrogens with two attached hydrogens (primary N) is 1. The molecular formula is C8H8N2O2S. The van der Waals surface area contributed by atoms with Crippen molar-refractivity contribution in [3.63, 3.8) is 0 Å². The molecule has 2 aromatic heterocycles. The Hall–Kier alpha value is -1.49.